The van der Waals surface area contributed by atoms with Gasteiger partial charge in [-0.2, -0.15) is 0 Å². The van der Waals surface area contributed by atoms with Crippen LogP contribution in [0.25, 0.3) is 0 Å². The van der Waals surface area contributed by atoms with Crippen molar-refractivity contribution >= 4 is 17.9 Å². The zero-order valence-electron chi connectivity index (χ0n) is 52.5. The molecular formula is C72H132O6. The molecule has 0 fully saturated rings. The van der Waals surface area contributed by atoms with Crippen molar-refractivity contribution < 1.29 is 28.6 Å². The molecule has 0 radical (unpaired) electrons. The Morgan fingerprint density at radius 2 is 0.462 bits per heavy atom. The van der Waals surface area contributed by atoms with Gasteiger partial charge in [-0.15, -0.1) is 0 Å². The van der Waals surface area contributed by atoms with Crippen molar-refractivity contribution in [3.05, 3.63) is 48.6 Å². The van der Waals surface area contributed by atoms with Crippen LogP contribution < -0.4 is 0 Å². The lowest BCUT2D eigenvalue weighted by Crippen LogP contribution is -2.30. The van der Waals surface area contributed by atoms with Gasteiger partial charge >= 0.3 is 17.9 Å². The van der Waals surface area contributed by atoms with E-state index in [-0.39, 0.29) is 31.1 Å². The lowest BCUT2D eigenvalue weighted by atomic mass is 10.0. The van der Waals surface area contributed by atoms with Crippen molar-refractivity contribution in [2.75, 3.05) is 13.2 Å². The Hall–Kier alpha value is -2.63. The van der Waals surface area contributed by atoms with E-state index < -0.39 is 6.10 Å². The molecule has 0 rings (SSSR count). The molecule has 6 heteroatoms. The van der Waals surface area contributed by atoms with Crippen LogP contribution in [0.15, 0.2) is 48.6 Å². The quantitative estimate of drug-likeness (QED) is 0.0261. The SMILES string of the molecule is CCCCC/C=C\CCCCCCCC(=O)OCC(COC(=O)CCCCCCCCCCCCCCCCCCCCCCCCC/C=C\C/C=C\CCCCCCC)OC(=O)CCCCCCC/C=C\CCCCCC. The number of hydrogen-bond donors (Lipinski definition) is 0. The van der Waals surface area contributed by atoms with E-state index in [1.807, 2.05) is 0 Å². The average molecular weight is 1090 g/mol. The van der Waals surface area contributed by atoms with Gasteiger partial charge in [0, 0.05) is 19.3 Å². The number of ether oxygens (including phenoxy) is 3. The van der Waals surface area contributed by atoms with E-state index in [9.17, 15) is 14.4 Å². The lowest BCUT2D eigenvalue weighted by Gasteiger charge is -2.18. The van der Waals surface area contributed by atoms with E-state index in [1.54, 1.807) is 0 Å². The third-order valence-electron chi connectivity index (χ3n) is 15.5. The molecule has 0 aliphatic carbocycles. The Bertz CT molecular complexity index is 1350. The molecule has 78 heavy (non-hydrogen) atoms. The largest absolute Gasteiger partial charge is 0.462 e. The second kappa shape index (κ2) is 66.9. The summed E-state index contributed by atoms with van der Waals surface area (Å²) in [6.45, 7) is 6.62. The number of allylic oxidation sites excluding steroid dienone is 8. The van der Waals surface area contributed by atoms with Crippen LogP contribution in [0.5, 0.6) is 0 Å². The van der Waals surface area contributed by atoms with Crippen LogP contribution in [-0.4, -0.2) is 37.2 Å². The highest BCUT2D eigenvalue weighted by atomic mass is 16.6. The fourth-order valence-electron chi connectivity index (χ4n) is 10.3. The summed E-state index contributed by atoms with van der Waals surface area (Å²) in [5, 5.41) is 0. The standard InChI is InChI=1S/C72H132O6/c1-4-7-10-13-16-19-22-25-26-27-28-29-30-31-32-33-34-35-36-37-38-39-40-41-42-43-44-45-46-48-50-53-56-59-62-65-71(74)77-68-69(67-76-70(73)64-61-58-55-52-49-24-21-18-15-12-9-6-3)78-72(75)66-63-60-57-54-51-47-23-20-17-14-11-8-5-2/h18,20-23,25,27-28,69H,4-17,19,24,26,29-68H2,1-3H3/b21-18-,23-20-,25-22-,28-27-. The molecule has 0 aromatic rings. The van der Waals surface area contributed by atoms with Gasteiger partial charge in [0.15, 0.2) is 6.10 Å². The predicted molar refractivity (Wildman–Crippen MR) is 339 cm³/mol. The summed E-state index contributed by atoms with van der Waals surface area (Å²) < 4.78 is 16.9. The maximum atomic E-state index is 12.9. The number of unbranched alkanes of at least 4 members (excludes halogenated alkanes) is 45. The molecule has 0 aromatic carbocycles. The summed E-state index contributed by atoms with van der Waals surface area (Å²) >= 11 is 0. The Morgan fingerprint density at radius 1 is 0.256 bits per heavy atom. The van der Waals surface area contributed by atoms with Gasteiger partial charge in [-0.05, 0) is 103 Å². The summed E-state index contributed by atoms with van der Waals surface area (Å²) in [7, 11) is 0. The van der Waals surface area contributed by atoms with E-state index in [2.05, 4.69) is 69.4 Å². The Balaban J connectivity index is 4.01. The first-order valence-electron chi connectivity index (χ1n) is 34.6. The van der Waals surface area contributed by atoms with Crippen LogP contribution in [-0.2, 0) is 28.6 Å². The van der Waals surface area contributed by atoms with Gasteiger partial charge in [0.2, 0.25) is 0 Å². The number of rotatable bonds is 64. The summed E-state index contributed by atoms with van der Waals surface area (Å²) in [6.07, 6.45) is 84.5. The first-order valence-corrected chi connectivity index (χ1v) is 34.6. The summed E-state index contributed by atoms with van der Waals surface area (Å²) in [6, 6.07) is 0. The lowest BCUT2D eigenvalue weighted by molar-refractivity contribution is -0.167. The van der Waals surface area contributed by atoms with E-state index in [0.717, 1.165) is 77.0 Å². The smallest absolute Gasteiger partial charge is 0.306 e. The van der Waals surface area contributed by atoms with E-state index >= 15 is 0 Å². The van der Waals surface area contributed by atoms with E-state index in [4.69, 9.17) is 14.2 Å². The highest BCUT2D eigenvalue weighted by Crippen LogP contribution is 2.18. The second-order valence-electron chi connectivity index (χ2n) is 23.4. The molecule has 6 nitrogen and oxygen atoms in total. The highest BCUT2D eigenvalue weighted by Gasteiger charge is 2.19. The van der Waals surface area contributed by atoms with Crippen molar-refractivity contribution in [3.63, 3.8) is 0 Å². The van der Waals surface area contributed by atoms with E-state index in [0.29, 0.717) is 19.3 Å². The van der Waals surface area contributed by atoms with Crippen LogP contribution in [0.1, 0.15) is 374 Å². The maximum absolute atomic E-state index is 12.9. The summed E-state index contributed by atoms with van der Waals surface area (Å²) in [4.78, 5) is 38.2. The fourth-order valence-corrected chi connectivity index (χ4v) is 10.3. The summed E-state index contributed by atoms with van der Waals surface area (Å²) in [5.74, 6) is -0.874. The molecule has 0 saturated heterocycles. The van der Waals surface area contributed by atoms with Gasteiger partial charge in [0.25, 0.3) is 0 Å². The van der Waals surface area contributed by atoms with Crippen LogP contribution in [0.4, 0.5) is 0 Å². The molecule has 1 atom stereocenters. The number of esters is 3. The maximum Gasteiger partial charge on any atom is 0.306 e. The predicted octanol–water partition coefficient (Wildman–Crippen LogP) is 23.7. The molecule has 0 spiro atoms. The Kier molecular flexibility index (Phi) is 64.6. The average Bonchev–Trinajstić information content (AvgIpc) is 3.44. The molecule has 0 amide bonds. The number of carbonyl (C=O) groups is 3. The first-order chi connectivity index (χ1) is 38.5. The molecule has 0 N–H and O–H groups in total. The Labute approximate surface area is 486 Å². The minimum Gasteiger partial charge on any atom is -0.462 e. The van der Waals surface area contributed by atoms with Crippen molar-refractivity contribution in [3.8, 4) is 0 Å². The van der Waals surface area contributed by atoms with Crippen LogP contribution in [0, 0.1) is 0 Å². The molecule has 0 heterocycles. The Morgan fingerprint density at radius 3 is 0.756 bits per heavy atom. The van der Waals surface area contributed by atoms with Gasteiger partial charge in [-0.1, -0.05) is 301 Å². The number of hydrogen-bond acceptors (Lipinski definition) is 6. The first kappa shape index (κ1) is 75.4. The normalized spacial score (nSPS) is 12.3. The second-order valence-corrected chi connectivity index (χ2v) is 23.4. The molecule has 456 valence electrons. The highest BCUT2D eigenvalue weighted by molar-refractivity contribution is 5.71. The van der Waals surface area contributed by atoms with Crippen molar-refractivity contribution in [2.24, 2.45) is 0 Å². The van der Waals surface area contributed by atoms with Crippen molar-refractivity contribution in [1.29, 1.82) is 0 Å². The minimum absolute atomic E-state index is 0.0748. The third-order valence-corrected chi connectivity index (χ3v) is 15.5. The molecule has 0 saturated carbocycles. The van der Waals surface area contributed by atoms with Crippen molar-refractivity contribution in [2.45, 2.75) is 380 Å². The van der Waals surface area contributed by atoms with Crippen molar-refractivity contribution in [1.82, 2.24) is 0 Å². The van der Waals surface area contributed by atoms with Crippen LogP contribution in [0.3, 0.4) is 0 Å². The topological polar surface area (TPSA) is 78.9 Å². The van der Waals surface area contributed by atoms with Crippen LogP contribution >= 0.6 is 0 Å². The van der Waals surface area contributed by atoms with Gasteiger partial charge < -0.3 is 14.2 Å². The zero-order valence-corrected chi connectivity index (χ0v) is 52.5. The fraction of sp³-hybridized carbons (Fsp3) is 0.847. The van der Waals surface area contributed by atoms with Gasteiger partial charge in [-0.3, -0.25) is 14.4 Å². The summed E-state index contributed by atoms with van der Waals surface area (Å²) in [5.41, 5.74) is 0. The molecular weight excluding hydrogens is 961 g/mol. The van der Waals surface area contributed by atoms with Crippen LogP contribution in [0.2, 0.25) is 0 Å². The molecule has 0 aromatic heterocycles. The zero-order chi connectivity index (χ0) is 56.4. The minimum atomic E-state index is -0.778. The molecule has 0 aliphatic heterocycles. The molecule has 1 unspecified atom stereocenters. The molecule has 0 bridgehead atoms. The van der Waals surface area contributed by atoms with Gasteiger partial charge in [0.1, 0.15) is 13.2 Å². The monoisotopic (exact) mass is 1090 g/mol. The molecule has 0 aliphatic rings. The van der Waals surface area contributed by atoms with Gasteiger partial charge in [0.05, 0.1) is 0 Å². The number of carbonyl (C=O) groups excluding carboxylic acids is 3. The third kappa shape index (κ3) is 64.2. The van der Waals surface area contributed by atoms with Gasteiger partial charge in [-0.25, -0.2) is 0 Å². The van der Waals surface area contributed by atoms with E-state index in [1.165, 1.54) is 257 Å².